The van der Waals surface area contributed by atoms with Crippen molar-refractivity contribution in [2.75, 3.05) is 50.8 Å². The van der Waals surface area contributed by atoms with E-state index in [0.29, 0.717) is 29.2 Å². The second kappa shape index (κ2) is 9.44. The lowest BCUT2D eigenvalue weighted by Gasteiger charge is -2.31. The number of piperazine rings is 1. The van der Waals surface area contributed by atoms with Crippen LogP contribution in [-0.4, -0.2) is 75.0 Å². The number of imidazole rings is 1. The molecule has 0 saturated carbocycles. The first-order chi connectivity index (χ1) is 16.8. The van der Waals surface area contributed by atoms with E-state index in [1.807, 2.05) is 24.3 Å². The first-order valence-electron chi connectivity index (χ1n) is 11.6. The summed E-state index contributed by atoms with van der Waals surface area (Å²) >= 11 is 3.42. The Bertz CT molecular complexity index is 1400. The fourth-order valence-electron chi connectivity index (χ4n) is 4.61. The second-order valence-electron chi connectivity index (χ2n) is 9.10. The van der Waals surface area contributed by atoms with Gasteiger partial charge in [0.25, 0.3) is 0 Å². The normalized spacial score (nSPS) is 15.1. The number of fused-ring (bicyclic) bond motifs is 1. The summed E-state index contributed by atoms with van der Waals surface area (Å²) in [5, 5.41) is 3.06. The van der Waals surface area contributed by atoms with Gasteiger partial charge in [0.1, 0.15) is 11.3 Å². The molecule has 1 saturated heterocycles. The van der Waals surface area contributed by atoms with Gasteiger partial charge >= 0.3 is 0 Å². The van der Waals surface area contributed by atoms with E-state index in [9.17, 15) is 4.79 Å². The van der Waals surface area contributed by atoms with Crippen LogP contribution in [0.4, 0.5) is 11.4 Å². The number of hydrogen-bond acceptors (Lipinski definition) is 6. The maximum absolute atomic E-state index is 12.7. The molecule has 4 aromatic rings. The topological polar surface area (TPSA) is 108 Å². The molecule has 0 bridgehead atoms. The van der Waals surface area contributed by atoms with Crippen LogP contribution in [0.2, 0.25) is 0 Å². The van der Waals surface area contributed by atoms with Crippen LogP contribution in [0.15, 0.2) is 41.0 Å². The Morgan fingerprint density at radius 1 is 1.20 bits per heavy atom. The summed E-state index contributed by atoms with van der Waals surface area (Å²) < 4.78 is 2.89. The lowest BCUT2D eigenvalue weighted by atomic mass is 10.2. The monoisotopic (exact) mass is 536 g/mol. The van der Waals surface area contributed by atoms with Crippen LogP contribution >= 0.6 is 15.9 Å². The number of carbonyl (C=O) groups is 1. The van der Waals surface area contributed by atoms with Crippen molar-refractivity contribution in [2.45, 2.75) is 13.8 Å². The van der Waals surface area contributed by atoms with Crippen LogP contribution in [0.5, 0.6) is 0 Å². The van der Waals surface area contributed by atoms with Crippen molar-refractivity contribution in [3.63, 3.8) is 0 Å². The van der Waals surface area contributed by atoms with E-state index in [1.165, 1.54) is 0 Å². The second-order valence-corrected chi connectivity index (χ2v) is 9.96. The van der Waals surface area contributed by atoms with E-state index in [-0.39, 0.29) is 5.91 Å². The smallest absolute Gasteiger partial charge is 0.238 e. The van der Waals surface area contributed by atoms with Gasteiger partial charge in [0.2, 0.25) is 5.91 Å². The average molecular weight is 537 g/mol. The lowest BCUT2D eigenvalue weighted by Crippen LogP contribution is -2.47. The van der Waals surface area contributed by atoms with E-state index in [1.54, 1.807) is 6.20 Å². The Balaban J connectivity index is 1.39. The molecule has 0 radical (unpaired) electrons. The molecule has 1 fully saturated rings. The standard InChI is InChI=1S/C25H29BrN8O/c1-15-11-19(24-30-23-22(27)20(26)13-28-25(23)31-24)16(2)34(15)18-6-4-5-17(12-18)29-21(35)14-33-9-7-32(3)8-10-33/h4-6,11-13H,7-10,14H2,1-3H3,(H,29,35)(H3,27,28,30,31). The molecule has 3 aromatic heterocycles. The van der Waals surface area contributed by atoms with Gasteiger partial charge in [-0.1, -0.05) is 6.07 Å². The van der Waals surface area contributed by atoms with Gasteiger partial charge in [-0.05, 0) is 61.1 Å². The van der Waals surface area contributed by atoms with Crippen molar-refractivity contribution in [1.29, 1.82) is 0 Å². The molecule has 182 valence electrons. The number of nitrogen functional groups attached to an aromatic ring is 1. The number of rotatable bonds is 5. The van der Waals surface area contributed by atoms with Crippen LogP contribution in [0.3, 0.4) is 0 Å². The molecule has 9 nitrogen and oxygen atoms in total. The summed E-state index contributed by atoms with van der Waals surface area (Å²) in [6.07, 6.45) is 1.66. The minimum Gasteiger partial charge on any atom is -0.396 e. The third-order valence-corrected chi connectivity index (χ3v) is 7.18. The van der Waals surface area contributed by atoms with Crippen molar-refractivity contribution in [3.05, 3.63) is 52.4 Å². The zero-order chi connectivity index (χ0) is 24.7. The number of benzene rings is 1. The molecule has 10 heteroatoms. The molecular weight excluding hydrogens is 508 g/mol. The van der Waals surface area contributed by atoms with Gasteiger partial charge in [-0.3, -0.25) is 9.69 Å². The third kappa shape index (κ3) is 4.69. The van der Waals surface area contributed by atoms with E-state index in [0.717, 1.165) is 59.0 Å². The number of carbonyl (C=O) groups excluding carboxylic acids is 1. The van der Waals surface area contributed by atoms with Gasteiger partial charge in [-0.15, -0.1) is 0 Å². The number of hydrogen-bond donors (Lipinski definition) is 3. The van der Waals surface area contributed by atoms with Crippen LogP contribution in [0, 0.1) is 13.8 Å². The number of pyridine rings is 1. The first-order valence-corrected chi connectivity index (χ1v) is 12.4. The molecule has 35 heavy (non-hydrogen) atoms. The highest BCUT2D eigenvalue weighted by atomic mass is 79.9. The van der Waals surface area contributed by atoms with Gasteiger partial charge < -0.3 is 25.5 Å². The first kappa shape index (κ1) is 23.5. The number of nitrogens with one attached hydrogen (secondary N) is 2. The van der Waals surface area contributed by atoms with Crippen molar-refractivity contribution in [1.82, 2.24) is 29.3 Å². The van der Waals surface area contributed by atoms with Crippen LogP contribution in [0.25, 0.3) is 28.2 Å². The molecule has 0 unspecified atom stereocenters. The van der Waals surface area contributed by atoms with E-state index < -0.39 is 0 Å². The summed E-state index contributed by atoms with van der Waals surface area (Å²) in [6.45, 7) is 8.32. The zero-order valence-electron chi connectivity index (χ0n) is 20.1. The highest BCUT2D eigenvalue weighted by Crippen LogP contribution is 2.32. The summed E-state index contributed by atoms with van der Waals surface area (Å²) in [4.78, 5) is 29.5. The third-order valence-electron chi connectivity index (χ3n) is 6.55. The van der Waals surface area contributed by atoms with Gasteiger partial charge in [0.15, 0.2) is 5.65 Å². The molecule has 0 atom stereocenters. The van der Waals surface area contributed by atoms with Gasteiger partial charge in [0, 0.05) is 60.7 Å². The maximum atomic E-state index is 12.7. The molecule has 1 aromatic carbocycles. The molecule has 5 rings (SSSR count). The van der Waals surface area contributed by atoms with Gasteiger partial charge in [-0.25, -0.2) is 9.97 Å². The highest BCUT2D eigenvalue weighted by molar-refractivity contribution is 9.10. The molecule has 4 N–H and O–H groups in total. The van der Waals surface area contributed by atoms with E-state index >= 15 is 0 Å². The van der Waals surface area contributed by atoms with Crippen LogP contribution < -0.4 is 11.1 Å². The van der Waals surface area contributed by atoms with Crippen LogP contribution in [-0.2, 0) is 4.79 Å². The van der Waals surface area contributed by atoms with Crippen molar-refractivity contribution < 1.29 is 4.79 Å². The maximum Gasteiger partial charge on any atom is 0.238 e. The number of H-pyrrole nitrogens is 1. The number of nitrogens with two attached hydrogens (primary N) is 1. The van der Waals surface area contributed by atoms with Crippen LogP contribution in [0.1, 0.15) is 11.4 Å². The SMILES string of the molecule is Cc1cc(-c2nc3ncc(Br)c(N)c3[nH]2)c(C)n1-c1cccc(NC(=O)CN2CCN(C)CC2)c1. The molecule has 4 heterocycles. The Labute approximate surface area is 212 Å². The number of aryl methyl sites for hydroxylation is 1. The number of halogens is 1. The minimum absolute atomic E-state index is 0.00636. The van der Waals surface area contributed by atoms with E-state index in [2.05, 4.69) is 77.5 Å². The zero-order valence-corrected chi connectivity index (χ0v) is 21.7. The van der Waals surface area contributed by atoms with Crippen molar-refractivity contribution in [3.8, 4) is 17.1 Å². The Hall–Kier alpha value is -3.21. The summed E-state index contributed by atoms with van der Waals surface area (Å²) in [5.74, 6) is 0.722. The number of nitrogens with zero attached hydrogens (tertiary/aromatic N) is 5. The largest absolute Gasteiger partial charge is 0.396 e. The van der Waals surface area contributed by atoms with E-state index in [4.69, 9.17) is 5.73 Å². The fourth-order valence-corrected chi connectivity index (χ4v) is 4.91. The number of likely N-dealkylation sites (N-methyl/N-ethyl adjacent to an activating group) is 1. The summed E-state index contributed by atoms with van der Waals surface area (Å²) in [7, 11) is 2.11. The number of aromatic amines is 1. The Morgan fingerprint density at radius 3 is 2.74 bits per heavy atom. The number of amides is 1. The van der Waals surface area contributed by atoms with Gasteiger partial charge in [-0.2, -0.15) is 0 Å². The highest BCUT2D eigenvalue weighted by Gasteiger charge is 2.19. The quantitative estimate of drug-likeness (QED) is 0.360. The predicted molar refractivity (Wildman–Crippen MR) is 143 cm³/mol. The minimum atomic E-state index is 0.00636. The molecule has 0 aliphatic carbocycles. The molecular formula is C25H29BrN8O. The summed E-state index contributed by atoms with van der Waals surface area (Å²) in [6, 6.07) is 10.0. The lowest BCUT2D eigenvalue weighted by molar-refractivity contribution is -0.117. The predicted octanol–water partition coefficient (Wildman–Crippen LogP) is 3.56. The Kier molecular flexibility index (Phi) is 6.35. The Morgan fingerprint density at radius 2 is 1.97 bits per heavy atom. The van der Waals surface area contributed by atoms with Crippen molar-refractivity contribution >= 4 is 44.4 Å². The molecule has 1 amide bonds. The average Bonchev–Trinajstić information content (AvgIpc) is 3.39. The molecule has 1 aliphatic rings. The summed E-state index contributed by atoms with van der Waals surface area (Å²) in [5.41, 5.74) is 12.9. The molecule has 1 aliphatic heterocycles. The number of anilines is 2. The van der Waals surface area contributed by atoms with Crippen molar-refractivity contribution in [2.24, 2.45) is 0 Å². The van der Waals surface area contributed by atoms with Gasteiger partial charge in [0.05, 0.1) is 16.7 Å². The fraction of sp³-hybridized carbons (Fsp3) is 0.320. The molecule has 0 spiro atoms. The number of aromatic nitrogens is 4.